The second-order valence-corrected chi connectivity index (χ2v) is 7.41. The van der Waals surface area contributed by atoms with Crippen LogP contribution in [0.4, 0.5) is 0 Å². The summed E-state index contributed by atoms with van der Waals surface area (Å²) < 4.78 is 10.8. The summed E-state index contributed by atoms with van der Waals surface area (Å²) in [6.07, 6.45) is 1.57. The van der Waals surface area contributed by atoms with Gasteiger partial charge in [-0.15, -0.1) is 0 Å². The van der Waals surface area contributed by atoms with E-state index in [-0.39, 0.29) is 29.7 Å². The van der Waals surface area contributed by atoms with Crippen molar-refractivity contribution in [3.8, 4) is 11.5 Å². The number of phenols is 1. The maximum absolute atomic E-state index is 13.0. The van der Waals surface area contributed by atoms with Gasteiger partial charge in [0.25, 0.3) is 11.7 Å². The number of aromatic hydroxyl groups is 1. The first kappa shape index (κ1) is 20.0. The monoisotopic (exact) mass is 409 g/mol. The van der Waals surface area contributed by atoms with Gasteiger partial charge in [0, 0.05) is 18.7 Å². The number of amides is 1. The van der Waals surface area contributed by atoms with Crippen molar-refractivity contribution < 1.29 is 29.3 Å². The molecule has 2 aromatic rings. The molecule has 2 aliphatic rings. The number of nitrogens with zero attached hydrogens (tertiary/aromatic N) is 1. The zero-order valence-electron chi connectivity index (χ0n) is 16.6. The van der Waals surface area contributed by atoms with E-state index in [0.717, 1.165) is 12.8 Å². The molecule has 2 aliphatic heterocycles. The number of aliphatic hydroxyl groups excluding tert-OH is 1. The van der Waals surface area contributed by atoms with Crippen LogP contribution in [0.5, 0.6) is 11.5 Å². The molecule has 2 aromatic carbocycles. The lowest BCUT2D eigenvalue weighted by molar-refractivity contribution is -0.140. The van der Waals surface area contributed by atoms with E-state index < -0.39 is 17.7 Å². The minimum Gasteiger partial charge on any atom is -0.508 e. The molecule has 2 saturated heterocycles. The van der Waals surface area contributed by atoms with E-state index in [2.05, 4.69) is 0 Å². The molecular formula is C23H23NO6. The van der Waals surface area contributed by atoms with Gasteiger partial charge in [-0.1, -0.05) is 12.1 Å². The summed E-state index contributed by atoms with van der Waals surface area (Å²) in [7, 11) is 1.54. The number of carbonyl (C=O) groups is 2. The molecule has 0 spiro atoms. The van der Waals surface area contributed by atoms with Crippen molar-refractivity contribution >= 4 is 17.4 Å². The second kappa shape index (κ2) is 8.20. The minimum absolute atomic E-state index is 0.0221. The van der Waals surface area contributed by atoms with Crippen LogP contribution >= 0.6 is 0 Å². The number of ketones is 1. The minimum atomic E-state index is -0.767. The number of hydrogen-bond donors (Lipinski definition) is 2. The number of likely N-dealkylation sites (tertiary alicyclic amines) is 1. The molecule has 2 N–H and O–H groups in total. The van der Waals surface area contributed by atoms with Crippen molar-refractivity contribution in [2.24, 2.45) is 0 Å². The molecule has 2 atom stereocenters. The maximum Gasteiger partial charge on any atom is 0.295 e. The predicted molar refractivity (Wildman–Crippen MR) is 109 cm³/mol. The topological polar surface area (TPSA) is 96.3 Å². The highest BCUT2D eigenvalue weighted by Crippen LogP contribution is 2.40. The molecule has 0 aliphatic carbocycles. The van der Waals surface area contributed by atoms with E-state index in [1.807, 2.05) is 0 Å². The molecule has 1 amide bonds. The van der Waals surface area contributed by atoms with Crippen molar-refractivity contribution in [1.82, 2.24) is 4.90 Å². The lowest BCUT2D eigenvalue weighted by atomic mass is 9.95. The Labute approximate surface area is 174 Å². The fourth-order valence-electron chi connectivity index (χ4n) is 3.98. The van der Waals surface area contributed by atoms with Crippen LogP contribution in [0.2, 0.25) is 0 Å². The van der Waals surface area contributed by atoms with E-state index >= 15 is 0 Å². The van der Waals surface area contributed by atoms with Crippen LogP contribution in [-0.4, -0.2) is 53.2 Å². The number of phenolic OH excluding ortho intramolecular Hbond substituents is 1. The van der Waals surface area contributed by atoms with Gasteiger partial charge in [0.1, 0.15) is 17.3 Å². The first-order valence-corrected chi connectivity index (χ1v) is 9.83. The maximum atomic E-state index is 13.0. The third kappa shape index (κ3) is 3.64. The average molecular weight is 409 g/mol. The van der Waals surface area contributed by atoms with Crippen LogP contribution in [0.15, 0.2) is 54.1 Å². The number of ether oxygens (including phenoxy) is 2. The molecule has 2 heterocycles. The quantitative estimate of drug-likeness (QED) is 0.448. The van der Waals surface area contributed by atoms with Crippen LogP contribution in [0, 0.1) is 0 Å². The van der Waals surface area contributed by atoms with Crippen molar-refractivity contribution in [1.29, 1.82) is 0 Å². The number of methoxy groups -OCH3 is 1. The highest BCUT2D eigenvalue weighted by molar-refractivity contribution is 6.46. The molecule has 30 heavy (non-hydrogen) atoms. The normalized spacial score (nSPS) is 23.2. The molecule has 0 radical (unpaired) electrons. The predicted octanol–water partition coefficient (Wildman–Crippen LogP) is 3.00. The van der Waals surface area contributed by atoms with Crippen molar-refractivity contribution in [3.63, 3.8) is 0 Å². The van der Waals surface area contributed by atoms with Gasteiger partial charge in [0.2, 0.25) is 0 Å². The van der Waals surface area contributed by atoms with Gasteiger partial charge in [-0.25, -0.2) is 0 Å². The van der Waals surface area contributed by atoms with Gasteiger partial charge >= 0.3 is 0 Å². The highest BCUT2D eigenvalue weighted by Gasteiger charge is 2.47. The zero-order valence-corrected chi connectivity index (χ0v) is 16.6. The highest BCUT2D eigenvalue weighted by atomic mass is 16.5. The lowest BCUT2D eigenvalue weighted by Crippen LogP contribution is -2.36. The van der Waals surface area contributed by atoms with Crippen LogP contribution in [0.25, 0.3) is 5.76 Å². The molecule has 7 nitrogen and oxygen atoms in total. The smallest absolute Gasteiger partial charge is 0.295 e. The summed E-state index contributed by atoms with van der Waals surface area (Å²) >= 11 is 0. The summed E-state index contributed by atoms with van der Waals surface area (Å²) in [5.74, 6) is -0.965. The Kier molecular flexibility index (Phi) is 5.46. The summed E-state index contributed by atoms with van der Waals surface area (Å²) in [6, 6.07) is 12.1. The Morgan fingerprint density at radius 3 is 2.43 bits per heavy atom. The second-order valence-electron chi connectivity index (χ2n) is 7.41. The third-order valence-electron chi connectivity index (χ3n) is 5.54. The summed E-state index contributed by atoms with van der Waals surface area (Å²) in [4.78, 5) is 27.3. The van der Waals surface area contributed by atoms with Crippen molar-refractivity contribution in [3.05, 3.63) is 65.2 Å². The zero-order chi connectivity index (χ0) is 21.3. The van der Waals surface area contributed by atoms with Gasteiger partial charge in [-0.05, 0) is 54.8 Å². The molecule has 0 bridgehead atoms. The van der Waals surface area contributed by atoms with Crippen LogP contribution < -0.4 is 4.74 Å². The summed E-state index contributed by atoms with van der Waals surface area (Å²) in [5, 5.41) is 20.7. The number of Topliss-reactive ketones (excluding diaryl/α,β-unsaturated/α-hetero) is 1. The summed E-state index contributed by atoms with van der Waals surface area (Å²) in [5.41, 5.74) is 1.06. The van der Waals surface area contributed by atoms with Crippen LogP contribution in [0.3, 0.4) is 0 Å². The Hall–Kier alpha value is -3.32. The van der Waals surface area contributed by atoms with E-state index in [1.165, 1.54) is 24.1 Å². The van der Waals surface area contributed by atoms with Crippen LogP contribution in [-0.2, 0) is 14.3 Å². The van der Waals surface area contributed by atoms with E-state index in [4.69, 9.17) is 9.47 Å². The van der Waals surface area contributed by atoms with E-state index in [0.29, 0.717) is 23.5 Å². The first-order chi connectivity index (χ1) is 14.5. The third-order valence-corrected chi connectivity index (χ3v) is 5.54. The van der Waals surface area contributed by atoms with Crippen molar-refractivity contribution in [2.75, 3.05) is 20.3 Å². The molecule has 156 valence electrons. The lowest BCUT2D eigenvalue weighted by Gasteiger charge is -2.27. The largest absolute Gasteiger partial charge is 0.508 e. The SMILES string of the molecule is COc1ccc(/C(O)=C2\C(=O)C(=O)N(C[C@@H]3CCCO3)[C@H]2c2ccc(O)cc2)cc1. The average Bonchev–Trinajstić information content (AvgIpc) is 3.36. The number of carbonyl (C=O) groups excluding carboxylic acids is 2. The van der Waals surface area contributed by atoms with Crippen LogP contribution in [0.1, 0.15) is 30.0 Å². The van der Waals surface area contributed by atoms with E-state index in [1.54, 1.807) is 36.4 Å². The number of rotatable bonds is 5. The molecule has 0 aromatic heterocycles. The number of hydrogen-bond acceptors (Lipinski definition) is 6. The fourth-order valence-corrected chi connectivity index (χ4v) is 3.98. The first-order valence-electron chi connectivity index (χ1n) is 9.83. The molecular weight excluding hydrogens is 386 g/mol. The summed E-state index contributed by atoms with van der Waals surface area (Å²) in [6.45, 7) is 0.889. The molecule has 4 rings (SSSR count). The Bertz CT molecular complexity index is 974. The van der Waals surface area contributed by atoms with Gasteiger partial charge in [-0.3, -0.25) is 9.59 Å². The van der Waals surface area contributed by atoms with Gasteiger partial charge in [-0.2, -0.15) is 0 Å². The van der Waals surface area contributed by atoms with Crippen molar-refractivity contribution in [2.45, 2.75) is 25.0 Å². The Morgan fingerprint density at radius 2 is 1.83 bits per heavy atom. The molecule has 7 heteroatoms. The van der Waals surface area contributed by atoms with Gasteiger partial charge in [0.15, 0.2) is 0 Å². The van der Waals surface area contributed by atoms with Gasteiger partial charge in [0.05, 0.1) is 24.8 Å². The fraction of sp³-hybridized carbons (Fsp3) is 0.304. The standard InChI is InChI=1S/C23H23NO6/c1-29-17-10-6-15(7-11-17)21(26)19-20(14-4-8-16(25)9-5-14)24(23(28)22(19)27)13-18-3-2-12-30-18/h4-11,18,20,25-26H,2-3,12-13H2,1H3/b21-19+/t18-,20-/m0/s1. The number of aliphatic hydroxyl groups is 1. The van der Waals surface area contributed by atoms with E-state index in [9.17, 15) is 19.8 Å². The molecule has 2 fully saturated rings. The molecule has 0 saturated carbocycles. The Morgan fingerprint density at radius 1 is 1.13 bits per heavy atom. The molecule has 0 unspecified atom stereocenters. The van der Waals surface area contributed by atoms with Gasteiger partial charge < -0.3 is 24.6 Å². The number of benzene rings is 2. The Balaban J connectivity index is 1.80.